The van der Waals surface area contributed by atoms with Crippen molar-refractivity contribution in [2.24, 2.45) is 0 Å². The first-order valence-electron chi connectivity index (χ1n) is 6.48. The largest absolute Gasteiger partial charge is 0.481 e. The van der Waals surface area contributed by atoms with Crippen LogP contribution >= 0.6 is 0 Å². The highest BCUT2D eigenvalue weighted by Gasteiger charge is 2.05. The number of nitrogens with one attached hydrogen (secondary N) is 1. The molecule has 3 rings (SSSR count). The van der Waals surface area contributed by atoms with E-state index in [2.05, 4.69) is 21.0 Å². The highest BCUT2D eigenvalue weighted by atomic mass is 16.5. The van der Waals surface area contributed by atoms with Gasteiger partial charge in [0.2, 0.25) is 5.88 Å². The molecular weight excluding hydrogens is 252 g/mol. The molecule has 0 unspecified atom stereocenters. The predicted octanol–water partition coefficient (Wildman–Crippen LogP) is 2.33. The molecule has 0 aliphatic heterocycles. The zero-order valence-corrected chi connectivity index (χ0v) is 11.3. The van der Waals surface area contributed by atoms with Crippen LogP contribution in [0.3, 0.4) is 0 Å². The van der Waals surface area contributed by atoms with Crippen LogP contribution in [0.2, 0.25) is 0 Å². The van der Waals surface area contributed by atoms with Crippen molar-refractivity contribution in [2.45, 2.75) is 12.8 Å². The Hall–Kier alpha value is -2.56. The van der Waals surface area contributed by atoms with Crippen LogP contribution in [0.1, 0.15) is 11.4 Å². The summed E-state index contributed by atoms with van der Waals surface area (Å²) in [5, 5.41) is 0. The molecule has 0 aliphatic carbocycles. The number of nitrogens with zero attached hydrogens (tertiary/aromatic N) is 2. The standard InChI is InChI=1S/C15H16N4O/c1-20-14-8-6-12-15(19-14)18-13(17-12)7-5-10-3-2-4-11(16)9-10/h2-4,6,8-9H,5,7,16H2,1H3,(H,17,18,19). The van der Waals surface area contributed by atoms with Gasteiger partial charge < -0.3 is 15.5 Å². The lowest BCUT2D eigenvalue weighted by atomic mass is 10.1. The van der Waals surface area contributed by atoms with Gasteiger partial charge in [-0.3, -0.25) is 0 Å². The average molecular weight is 268 g/mol. The maximum atomic E-state index is 5.77. The Kier molecular flexibility index (Phi) is 3.25. The van der Waals surface area contributed by atoms with E-state index in [1.54, 1.807) is 7.11 Å². The lowest BCUT2D eigenvalue weighted by Gasteiger charge is -2.00. The van der Waals surface area contributed by atoms with E-state index in [9.17, 15) is 0 Å². The first kappa shape index (κ1) is 12.5. The first-order chi connectivity index (χ1) is 9.74. The number of aromatic nitrogens is 3. The van der Waals surface area contributed by atoms with Crippen molar-refractivity contribution < 1.29 is 4.74 Å². The number of fused-ring (bicyclic) bond motifs is 1. The summed E-state index contributed by atoms with van der Waals surface area (Å²) >= 11 is 0. The van der Waals surface area contributed by atoms with Crippen LogP contribution in [0, 0.1) is 0 Å². The lowest BCUT2D eigenvalue weighted by molar-refractivity contribution is 0.399. The average Bonchev–Trinajstić information content (AvgIpc) is 2.87. The van der Waals surface area contributed by atoms with Gasteiger partial charge in [0.05, 0.1) is 12.6 Å². The van der Waals surface area contributed by atoms with Crippen molar-refractivity contribution in [1.29, 1.82) is 0 Å². The third-order valence-corrected chi connectivity index (χ3v) is 3.18. The van der Waals surface area contributed by atoms with E-state index in [-0.39, 0.29) is 0 Å². The van der Waals surface area contributed by atoms with E-state index in [1.807, 2.05) is 30.3 Å². The van der Waals surface area contributed by atoms with Gasteiger partial charge >= 0.3 is 0 Å². The summed E-state index contributed by atoms with van der Waals surface area (Å²) in [6, 6.07) is 11.7. The van der Waals surface area contributed by atoms with Gasteiger partial charge in [0, 0.05) is 18.2 Å². The van der Waals surface area contributed by atoms with Crippen LogP contribution in [0.4, 0.5) is 5.69 Å². The molecule has 0 saturated heterocycles. The van der Waals surface area contributed by atoms with E-state index >= 15 is 0 Å². The van der Waals surface area contributed by atoms with Crippen LogP contribution in [0.25, 0.3) is 11.2 Å². The second kappa shape index (κ2) is 5.21. The quantitative estimate of drug-likeness (QED) is 0.712. The SMILES string of the molecule is COc1ccc2[nH]c(CCc3cccc(N)c3)nc2n1. The molecule has 2 aromatic heterocycles. The Morgan fingerprint density at radius 1 is 1.15 bits per heavy atom. The molecule has 0 bridgehead atoms. The Balaban J connectivity index is 1.77. The number of nitrogen functional groups attached to an aromatic ring is 1. The van der Waals surface area contributed by atoms with Gasteiger partial charge in [-0.25, -0.2) is 4.98 Å². The predicted molar refractivity (Wildman–Crippen MR) is 78.7 cm³/mol. The first-order valence-corrected chi connectivity index (χ1v) is 6.48. The molecular formula is C15H16N4O. The molecule has 0 atom stereocenters. The number of nitrogens with two attached hydrogens (primary N) is 1. The molecule has 0 saturated carbocycles. The maximum absolute atomic E-state index is 5.77. The fourth-order valence-electron chi connectivity index (χ4n) is 2.17. The Bertz CT molecular complexity index is 736. The zero-order valence-electron chi connectivity index (χ0n) is 11.3. The third-order valence-electron chi connectivity index (χ3n) is 3.18. The highest BCUT2D eigenvalue weighted by Crippen LogP contribution is 2.15. The minimum atomic E-state index is 0.575. The number of hydrogen-bond acceptors (Lipinski definition) is 4. The van der Waals surface area contributed by atoms with Crippen molar-refractivity contribution in [2.75, 3.05) is 12.8 Å². The Morgan fingerprint density at radius 3 is 2.85 bits per heavy atom. The Labute approximate surface area is 116 Å². The van der Waals surface area contributed by atoms with Crippen molar-refractivity contribution in [3.63, 3.8) is 0 Å². The van der Waals surface area contributed by atoms with Crippen molar-refractivity contribution in [3.8, 4) is 5.88 Å². The van der Waals surface area contributed by atoms with E-state index in [0.29, 0.717) is 11.5 Å². The van der Waals surface area contributed by atoms with Gasteiger partial charge in [0.25, 0.3) is 0 Å². The molecule has 0 aliphatic rings. The number of H-pyrrole nitrogens is 1. The summed E-state index contributed by atoms with van der Waals surface area (Å²) in [5.74, 6) is 1.49. The second-order valence-electron chi connectivity index (χ2n) is 4.65. The smallest absolute Gasteiger partial charge is 0.215 e. The topological polar surface area (TPSA) is 76.8 Å². The minimum Gasteiger partial charge on any atom is -0.481 e. The lowest BCUT2D eigenvalue weighted by Crippen LogP contribution is -1.94. The summed E-state index contributed by atoms with van der Waals surface area (Å²) in [7, 11) is 1.60. The second-order valence-corrected chi connectivity index (χ2v) is 4.65. The number of aromatic amines is 1. The molecule has 2 heterocycles. The fourth-order valence-corrected chi connectivity index (χ4v) is 2.17. The van der Waals surface area contributed by atoms with Gasteiger partial charge in [0.1, 0.15) is 5.82 Å². The van der Waals surface area contributed by atoms with Crippen LogP contribution < -0.4 is 10.5 Å². The van der Waals surface area contributed by atoms with Gasteiger partial charge in [0.15, 0.2) is 5.65 Å². The molecule has 0 spiro atoms. The number of benzene rings is 1. The number of pyridine rings is 1. The molecule has 1 aromatic carbocycles. The van der Waals surface area contributed by atoms with Crippen molar-refractivity contribution in [3.05, 3.63) is 47.8 Å². The van der Waals surface area contributed by atoms with Gasteiger partial charge in [-0.15, -0.1) is 0 Å². The molecule has 5 heteroatoms. The molecule has 0 fully saturated rings. The molecule has 0 radical (unpaired) electrons. The maximum Gasteiger partial charge on any atom is 0.215 e. The number of rotatable bonds is 4. The van der Waals surface area contributed by atoms with E-state index in [4.69, 9.17) is 10.5 Å². The molecule has 0 amide bonds. The van der Waals surface area contributed by atoms with Gasteiger partial charge in [-0.1, -0.05) is 12.1 Å². The van der Waals surface area contributed by atoms with Crippen LogP contribution in [-0.4, -0.2) is 22.1 Å². The monoisotopic (exact) mass is 268 g/mol. The number of ether oxygens (including phenoxy) is 1. The van der Waals surface area contributed by atoms with Crippen LogP contribution in [-0.2, 0) is 12.8 Å². The van der Waals surface area contributed by atoms with E-state index in [1.165, 1.54) is 5.56 Å². The summed E-state index contributed by atoms with van der Waals surface area (Å²) in [5.41, 5.74) is 9.38. The molecule has 5 nitrogen and oxygen atoms in total. The number of imidazole rings is 1. The number of hydrogen-bond donors (Lipinski definition) is 2. The molecule has 3 aromatic rings. The van der Waals surface area contributed by atoms with Gasteiger partial charge in [-0.2, -0.15) is 4.98 Å². The summed E-state index contributed by atoms with van der Waals surface area (Å²) in [6.07, 6.45) is 1.71. The van der Waals surface area contributed by atoms with Crippen molar-refractivity contribution in [1.82, 2.24) is 15.0 Å². The van der Waals surface area contributed by atoms with Crippen LogP contribution in [0.5, 0.6) is 5.88 Å². The fraction of sp³-hybridized carbons (Fsp3) is 0.200. The summed E-state index contributed by atoms with van der Waals surface area (Å²) in [6.45, 7) is 0. The summed E-state index contributed by atoms with van der Waals surface area (Å²) in [4.78, 5) is 12.1. The summed E-state index contributed by atoms with van der Waals surface area (Å²) < 4.78 is 5.10. The van der Waals surface area contributed by atoms with Crippen LogP contribution in [0.15, 0.2) is 36.4 Å². The molecule has 3 N–H and O–H groups in total. The Morgan fingerprint density at radius 2 is 2.05 bits per heavy atom. The zero-order chi connectivity index (χ0) is 13.9. The minimum absolute atomic E-state index is 0.575. The highest BCUT2D eigenvalue weighted by molar-refractivity contribution is 5.71. The molecule has 102 valence electrons. The van der Waals surface area contributed by atoms with E-state index < -0.39 is 0 Å². The van der Waals surface area contributed by atoms with Gasteiger partial charge in [-0.05, 0) is 30.2 Å². The number of methoxy groups -OCH3 is 1. The number of anilines is 1. The number of aryl methyl sites for hydroxylation is 2. The van der Waals surface area contributed by atoms with E-state index in [0.717, 1.165) is 29.9 Å². The third kappa shape index (κ3) is 2.56. The van der Waals surface area contributed by atoms with Crippen molar-refractivity contribution >= 4 is 16.9 Å². The normalized spacial score (nSPS) is 10.8. The molecule has 20 heavy (non-hydrogen) atoms.